The van der Waals surface area contributed by atoms with Gasteiger partial charge in [-0.3, -0.25) is 4.90 Å². The van der Waals surface area contributed by atoms with Gasteiger partial charge in [-0.25, -0.2) is 0 Å². The molecule has 1 fully saturated rings. The molecule has 2 rings (SSSR count). The molecule has 3 N–H and O–H groups in total. The molecule has 106 valence electrons. The van der Waals surface area contributed by atoms with E-state index in [2.05, 4.69) is 11.8 Å². The van der Waals surface area contributed by atoms with Crippen LogP contribution in [-0.2, 0) is 11.3 Å². The SMILES string of the molecule is COCCN(Cc1cc(N)ccc1O)C(C)C1CC1. The van der Waals surface area contributed by atoms with E-state index in [0.29, 0.717) is 24.1 Å². The summed E-state index contributed by atoms with van der Waals surface area (Å²) in [6, 6.07) is 5.77. The fraction of sp³-hybridized carbons (Fsp3) is 0.600. The molecule has 0 aliphatic heterocycles. The quantitative estimate of drug-likeness (QED) is 0.585. The van der Waals surface area contributed by atoms with Crippen molar-refractivity contribution in [1.29, 1.82) is 0 Å². The molecule has 0 amide bonds. The first-order valence-electron chi connectivity index (χ1n) is 6.92. The molecule has 0 spiro atoms. The number of nitrogens with zero attached hydrogens (tertiary/aromatic N) is 1. The zero-order chi connectivity index (χ0) is 13.8. The number of benzene rings is 1. The van der Waals surface area contributed by atoms with E-state index in [1.54, 1.807) is 19.2 Å². The van der Waals surface area contributed by atoms with Crippen molar-refractivity contribution in [1.82, 2.24) is 4.90 Å². The minimum atomic E-state index is 0.319. The highest BCUT2D eigenvalue weighted by Gasteiger charge is 2.32. The summed E-state index contributed by atoms with van der Waals surface area (Å²) in [5.41, 5.74) is 7.38. The zero-order valence-corrected chi connectivity index (χ0v) is 11.8. The monoisotopic (exact) mass is 264 g/mol. The van der Waals surface area contributed by atoms with E-state index in [1.165, 1.54) is 12.8 Å². The Hall–Kier alpha value is -1.26. The van der Waals surface area contributed by atoms with Crippen molar-refractivity contribution in [2.45, 2.75) is 32.4 Å². The summed E-state index contributed by atoms with van der Waals surface area (Å²) in [7, 11) is 1.72. The van der Waals surface area contributed by atoms with Gasteiger partial charge in [0.15, 0.2) is 0 Å². The molecule has 1 saturated carbocycles. The molecule has 0 saturated heterocycles. The number of hydrogen-bond acceptors (Lipinski definition) is 4. The molecular formula is C15H24N2O2. The molecular weight excluding hydrogens is 240 g/mol. The van der Waals surface area contributed by atoms with E-state index >= 15 is 0 Å². The second-order valence-corrected chi connectivity index (χ2v) is 5.43. The number of phenols is 1. The number of anilines is 1. The lowest BCUT2D eigenvalue weighted by atomic mass is 10.1. The molecule has 1 aliphatic carbocycles. The van der Waals surface area contributed by atoms with Gasteiger partial charge in [-0.05, 0) is 43.9 Å². The Morgan fingerprint density at radius 3 is 2.84 bits per heavy atom. The third-order valence-electron chi connectivity index (χ3n) is 3.94. The Balaban J connectivity index is 2.07. The normalized spacial score (nSPS) is 16.8. The summed E-state index contributed by atoms with van der Waals surface area (Å²) >= 11 is 0. The molecule has 1 aliphatic rings. The van der Waals surface area contributed by atoms with Gasteiger partial charge in [0.25, 0.3) is 0 Å². The third-order valence-corrected chi connectivity index (χ3v) is 3.94. The number of nitrogen functional groups attached to an aromatic ring is 1. The van der Waals surface area contributed by atoms with E-state index in [4.69, 9.17) is 10.5 Å². The second kappa shape index (κ2) is 6.26. The summed E-state index contributed by atoms with van der Waals surface area (Å²) in [5, 5.41) is 9.93. The number of hydrogen-bond donors (Lipinski definition) is 2. The van der Waals surface area contributed by atoms with Crippen LogP contribution in [0.3, 0.4) is 0 Å². The summed E-state index contributed by atoms with van der Waals surface area (Å²) in [4.78, 5) is 2.37. The first kappa shape index (κ1) is 14.2. The fourth-order valence-electron chi connectivity index (χ4n) is 2.46. The van der Waals surface area contributed by atoms with Crippen LogP contribution in [0.5, 0.6) is 5.75 Å². The van der Waals surface area contributed by atoms with E-state index in [0.717, 1.165) is 24.6 Å². The summed E-state index contributed by atoms with van der Waals surface area (Å²) < 4.78 is 5.19. The molecule has 4 nitrogen and oxygen atoms in total. The first-order valence-corrected chi connectivity index (χ1v) is 6.92. The highest BCUT2D eigenvalue weighted by atomic mass is 16.5. The maximum atomic E-state index is 9.93. The van der Waals surface area contributed by atoms with Crippen LogP contribution >= 0.6 is 0 Å². The average molecular weight is 264 g/mol. The lowest BCUT2D eigenvalue weighted by Crippen LogP contribution is -2.36. The molecule has 4 heteroatoms. The minimum Gasteiger partial charge on any atom is -0.508 e. The van der Waals surface area contributed by atoms with E-state index in [1.807, 2.05) is 6.07 Å². The molecule has 0 bridgehead atoms. The van der Waals surface area contributed by atoms with E-state index in [-0.39, 0.29) is 0 Å². The van der Waals surface area contributed by atoms with Crippen molar-refractivity contribution >= 4 is 5.69 Å². The maximum Gasteiger partial charge on any atom is 0.120 e. The molecule has 0 radical (unpaired) electrons. The lowest BCUT2D eigenvalue weighted by Gasteiger charge is -2.29. The van der Waals surface area contributed by atoms with E-state index in [9.17, 15) is 5.11 Å². The van der Waals surface area contributed by atoms with Crippen molar-refractivity contribution < 1.29 is 9.84 Å². The maximum absolute atomic E-state index is 9.93. The number of aromatic hydroxyl groups is 1. The van der Waals surface area contributed by atoms with Crippen LogP contribution in [0.15, 0.2) is 18.2 Å². The van der Waals surface area contributed by atoms with Gasteiger partial charge in [0.05, 0.1) is 6.61 Å². The zero-order valence-electron chi connectivity index (χ0n) is 11.8. The van der Waals surface area contributed by atoms with Crippen molar-refractivity contribution in [3.63, 3.8) is 0 Å². The largest absolute Gasteiger partial charge is 0.508 e. The molecule has 19 heavy (non-hydrogen) atoms. The van der Waals surface area contributed by atoms with Gasteiger partial charge in [-0.2, -0.15) is 0 Å². The smallest absolute Gasteiger partial charge is 0.120 e. The predicted molar refractivity (Wildman–Crippen MR) is 77.0 cm³/mol. The van der Waals surface area contributed by atoms with Crippen LogP contribution < -0.4 is 5.73 Å². The Bertz CT molecular complexity index is 419. The Labute approximate surface area is 115 Å². The molecule has 1 aromatic rings. The number of rotatable bonds is 7. The Kier molecular flexibility index (Phi) is 4.66. The number of phenolic OH excluding ortho intramolecular Hbond substituents is 1. The predicted octanol–water partition coefficient (Wildman–Crippen LogP) is 2.22. The molecule has 1 unspecified atom stereocenters. The fourth-order valence-corrected chi connectivity index (χ4v) is 2.46. The minimum absolute atomic E-state index is 0.319. The van der Waals surface area contributed by atoms with Gasteiger partial charge in [-0.15, -0.1) is 0 Å². The van der Waals surface area contributed by atoms with Gasteiger partial charge >= 0.3 is 0 Å². The highest BCUT2D eigenvalue weighted by molar-refractivity contribution is 5.47. The summed E-state index contributed by atoms with van der Waals surface area (Å²) in [6.07, 6.45) is 2.63. The molecule has 0 heterocycles. The van der Waals surface area contributed by atoms with E-state index < -0.39 is 0 Å². The highest BCUT2D eigenvalue weighted by Crippen LogP contribution is 2.36. The molecule has 1 aromatic carbocycles. The van der Waals surface area contributed by atoms with Crippen molar-refractivity contribution in [2.24, 2.45) is 5.92 Å². The Morgan fingerprint density at radius 1 is 1.47 bits per heavy atom. The van der Waals surface area contributed by atoms with Crippen molar-refractivity contribution in [3.8, 4) is 5.75 Å². The van der Waals surface area contributed by atoms with Crippen LogP contribution in [0.1, 0.15) is 25.3 Å². The first-order chi connectivity index (χ1) is 9.11. The van der Waals surface area contributed by atoms with Crippen LogP contribution in [-0.4, -0.2) is 36.3 Å². The average Bonchev–Trinajstić information content (AvgIpc) is 3.22. The number of nitrogens with two attached hydrogens (primary N) is 1. The van der Waals surface area contributed by atoms with Gasteiger partial charge < -0.3 is 15.6 Å². The van der Waals surface area contributed by atoms with Crippen molar-refractivity contribution in [2.75, 3.05) is 26.0 Å². The van der Waals surface area contributed by atoms with Crippen LogP contribution in [0.4, 0.5) is 5.69 Å². The molecule has 1 atom stereocenters. The van der Waals surface area contributed by atoms with Crippen LogP contribution in [0.2, 0.25) is 0 Å². The standard InChI is InChI=1S/C15H24N2O2/c1-11(12-3-4-12)17(7-8-19-2)10-13-9-14(16)5-6-15(13)18/h5-6,9,11-12,18H,3-4,7-8,10,16H2,1-2H3. The number of ether oxygens (including phenoxy) is 1. The third kappa shape index (κ3) is 3.85. The van der Waals surface area contributed by atoms with Gasteiger partial charge in [0.1, 0.15) is 5.75 Å². The molecule has 0 aromatic heterocycles. The summed E-state index contributed by atoms with van der Waals surface area (Å²) in [6.45, 7) is 4.57. The number of methoxy groups -OCH3 is 1. The topological polar surface area (TPSA) is 58.7 Å². The summed E-state index contributed by atoms with van der Waals surface area (Å²) in [5.74, 6) is 1.11. The Morgan fingerprint density at radius 2 is 2.21 bits per heavy atom. The lowest BCUT2D eigenvalue weighted by molar-refractivity contribution is 0.111. The van der Waals surface area contributed by atoms with Crippen LogP contribution in [0.25, 0.3) is 0 Å². The van der Waals surface area contributed by atoms with Crippen molar-refractivity contribution in [3.05, 3.63) is 23.8 Å². The van der Waals surface area contributed by atoms with Crippen LogP contribution in [0, 0.1) is 5.92 Å². The van der Waals surface area contributed by atoms with Gasteiger partial charge in [0.2, 0.25) is 0 Å². The van der Waals surface area contributed by atoms with Gasteiger partial charge in [-0.1, -0.05) is 0 Å². The van der Waals surface area contributed by atoms with Gasteiger partial charge in [0, 0.05) is 37.5 Å². The second-order valence-electron chi connectivity index (χ2n) is 5.43.